The van der Waals surface area contributed by atoms with E-state index in [2.05, 4.69) is 15.9 Å². The number of allylic oxidation sites excluding steroid dienone is 2. The van der Waals surface area contributed by atoms with Gasteiger partial charge in [-0.2, -0.15) is 0 Å². The second-order valence-corrected chi connectivity index (χ2v) is 6.91. The van der Waals surface area contributed by atoms with Crippen molar-refractivity contribution < 1.29 is 24.0 Å². The van der Waals surface area contributed by atoms with Crippen molar-refractivity contribution in [1.82, 2.24) is 9.80 Å². The first kappa shape index (κ1) is 19.5. The zero-order valence-electron chi connectivity index (χ0n) is 15.4. The summed E-state index contributed by atoms with van der Waals surface area (Å²) in [4.78, 5) is 43.1. The Hall–Kier alpha value is -2.82. The molecule has 1 saturated carbocycles. The molecule has 8 nitrogen and oxygen atoms in total. The summed E-state index contributed by atoms with van der Waals surface area (Å²) in [5.74, 6) is 1.08. The van der Waals surface area contributed by atoms with E-state index in [1.54, 1.807) is 6.21 Å². The smallest absolute Gasteiger partial charge is 0.330 e. The first-order chi connectivity index (χ1) is 12.2. The number of amides is 3. The Kier molecular flexibility index (Phi) is 5.70. The van der Waals surface area contributed by atoms with Crippen molar-refractivity contribution in [3.8, 4) is 12.3 Å². The molecule has 8 heteroatoms. The molecule has 1 saturated heterocycles. The van der Waals surface area contributed by atoms with Crippen LogP contribution in [0, 0.1) is 29.6 Å². The van der Waals surface area contributed by atoms with Gasteiger partial charge >= 0.3 is 12.0 Å². The molecular formula is C18H23N3O5. The number of urea groups is 1. The fraction of sp³-hybridized carbons (Fsp3) is 0.556. The van der Waals surface area contributed by atoms with Gasteiger partial charge in [-0.15, -0.1) is 6.42 Å². The molecule has 2 aliphatic rings. The van der Waals surface area contributed by atoms with Crippen molar-refractivity contribution in [3.05, 3.63) is 11.6 Å². The van der Waals surface area contributed by atoms with Crippen molar-refractivity contribution >= 4 is 24.1 Å². The molecule has 0 bridgehead atoms. The van der Waals surface area contributed by atoms with E-state index in [9.17, 15) is 14.4 Å². The maximum absolute atomic E-state index is 12.4. The first-order valence-electron chi connectivity index (χ1n) is 8.18. The zero-order chi connectivity index (χ0) is 19.5. The highest BCUT2D eigenvalue weighted by Crippen LogP contribution is 2.59. The summed E-state index contributed by atoms with van der Waals surface area (Å²) in [5.41, 5.74) is 0.600. The Labute approximate surface area is 152 Å². The van der Waals surface area contributed by atoms with E-state index in [1.165, 1.54) is 12.0 Å². The molecule has 0 spiro atoms. The number of imide groups is 1. The minimum Gasteiger partial charge on any atom is -0.443 e. The van der Waals surface area contributed by atoms with Gasteiger partial charge in [-0.25, -0.2) is 9.69 Å². The van der Waals surface area contributed by atoms with Gasteiger partial charge in [-0.3, -0.25) is 9.59 Å². The lowest BCUT2D eigenvalue weighted by atomic mass is 10.1. The normalized spacial score (nSPS) is 24.8. The predicted octanol–water partition coefficient (Wildman–Crippen LogP) is 1.24. The molecule has 1 heterocycles. The van der Waals surface area contributed by atoms with Crippen LogP contribution in [0.2, 0.25) is 0 Å². The zero-order valence-corrected chi connectivity index (χ0v) is 15.4. The molecule has 2 atom stereocenters. The van der Waals surface area contributed by atoms with Crippen LogP contribution in [0.4, 0.5) is 4.79 Å². The summed E-state index contributed by atoms with van der Waals surface area (Å²) in [7, 11) is 1.46. The summed E-state index contributed by atoms with van der Waals surface area (Å²) in [6.45, 7) is 5.33. The largest absolute Gasteiger partial charge is 0.443 e. The minimum absolute atomic E-state index is 0.0128. The number of carbonyl (C=O) groups is 3. The molecule has 0 aromatic carbocycles. The highest BCUT2D eigenvalue weighted by molar-refractivity contribution is 6.02. The Morgan fingerprint density at radius 1 is 1.46 bits per heavy atom. The van der Waals surface area contributed by atoms with E-state index < -0.39 is 24.6 Å². The van der Waals surface area contributed by atoms with Gasteiger partial charge < -0.3 is 14.5 Å². The monoisotopic (exact) mass is 361 g/mol. The van der Waals surface area contributed by atoms with E-state index >= 15 is 0 Å². The quantitative estimate of drug-likeness (QED) is 0.224. The van der Waals surface area contributed by atoms with Gasteiger partial charge in [0.05, 0.1) is 18.7 Å². The molecule has 0 radical (unpaired) electrons. The SMILES string of the molecule is C#CCN1CC(=O)N(COC(=O)[C@@H]2[C@@H](/C=C(C)/C=N/OC)C2(C)C)C1=O. The van der Waals surface area contributed by atoms with Crippen LogP contribution >= 0.6 is 0 Å². The number of terminal acetylenes is 1. The molecular weight excluding hydrogens is 338 g/mol. The summed E-state index contributed by atoms with van der Waals surface area (Å²) in [6.07, 6.45) is 8.67. The van der Waals surface area contributed by atoms with Crippen LogP contribution in [0.25, 0.3) is 0 Å². The van der Waals surface area contributed by atoms with Gasteiger partial charge in [0.15, 0.2) is 6.73 Å². The lowest BCUT2D eigenvalue weighted by Gasteiger charge is -2.15. The molecule has 2 fully saturated rings. The van der Waals surface area contributed by atoms with Crippen molar-refractivity contribution in [2.45, 2.75) is 20.8 Å². The van der Waals surface area contributed by atoms with Crippen LogP contribution < -0.4 is 0 Å². The number of hydrogen-bond donors (Lipinski definition) is 0. The molecule has 26 heavy (non-hydrogen) atoms. The number of esters is 1. The number of oxime groups is 1. The highest BCUT2D eigenvalue weighted by Gasteiger charge is 2.61. The molecule has 1 aliphatic heterocycles. The van der Waals surface area contributed by atoms with Gasteiger partial charge in [0.1, 0.15) is 13.7 Å². The number of carbonyl (C=O) groups excluding carboxylic acids is 3. The van der Waals surface area contributed by atoms with E-state index in [1.807, 2.05) is 26.8 Å². The highest BCUT2D eigenvalue weighted by atomic mass is 16.6. The van der Waals surface area contributed by atoms with Gasteiger partial charge in [0.25, 0.3) is 5.91 Å². The summed E-state index contributed by atoms with van der Waals surface area (Å²) in [5, 5.41) is 3.69. The fourth-order valence-corrected chi connectivity index (χ4v) is 3.07. The lowest BCUT2D eigenvalue weighted by Crippen LogP contribution is -2.36. The average molecular weight is 361 g/mol. The third-order valence-corrected chi connectivity index (χ3v) is 4.72. The van der Waals surface area contributed by atoms with E-state index in [0.717, 1.165) is 10.5 Å². The van der Waals surface area contributed by atoms with Gasteiger partial charge in [-0.05, 0) is 23.8 Å². The van der Waals surface area contributed by atoms with Crippen LogP contribution in [-0.2, 0) is 19.2 Å². The molecule has 0 N–H and O–H groups in total. The van der Waals surface area contributed by atoms with Crippen LogP contribution in [0.1, 0.15) is 20.8 Å². The van der Waals surface area contributed by atoms with Crippen LogP contribution in [0.5, 0.6) is 0 Å². The number of ether oxygens (including phenoxy) is 1. The molecule has 1 aliphatic carbocycles. The standard InChI is InChI=1S/C18H23N3O5/c1-6-7-20-10-14(22)21(17(20)24)11-26-16(23)15-13(18(15,3)4)8-12(2)9-19-25-5/h1,8-9,13,15H,7,10-11H2,2-5H3/b12-8+,19-9+/t13-,15+/m1/s1. The second-order valence-electron chi connectivity index (χ2n) is 6.91. The van der Waals surface area contributed by atoms with Gasteiger partial charge in [-0.1, -0.05) is 31.0 Å². The summed E-state index contributed by atoms with van der Waals surface area (Å²) in [6, 6.07) is -0.543. The van der Waals surface area contributed by atoms with Crippen LogP contribution in [0.15, 0.2) is 16.8 Å². The molecule has 140 valence electrons. The van der Waals surface area contributed by atoms with Crippen LogP contribution in [0.3, 0.4) is 0 Å². The number of hydrogen-bond acceptors (Lipinski definition) is 6. The maximum atomic E-state index is 12.4. The van der Waals surface area contributed by atoms with Crippen molar-refractivity contribution in [1.29, 1.82) is 0 Å². The molecule has 0 aromatic rings. The topological polar surface area (TPSA) is 88.5 Å². The van der Waals surface area contributed by atoms with Gasteiger partial charge in [0.2, 0.25) is 0 Å². The van der Waals surface area contributed by atoms with Gasteiger partial charge in [0, 0.05) is 0 Å². The van der Waals surface area contributed by atoms with Crippen molar-refractivity contribution in [3.63, 3.8) is 0 Å². The minimum atomic E-state index is -0.543. The maximum Gasteiger partial charge on any atom is 0.330 e. The van der Waals surface area contributed by atoms with E-state index in [4.69, 9.17) is 11.2 Å². The van der Waals surface area contributed by atoms with E-state index in [0.29, 0.717) is 0 Å². The summed E-state index contributed by atoms with van der Waals surface area (Å²) >= 11 is 0. The molecule has 3 amide bonds. The molecule has 0 aromatic heterocycles. The average Bonchev–Trinajstić information content (AvgIpc) is 3.00. The number of nitrogens with zero attached hydrogens (tertiary/aromatic N) is 3. The first-order valence-corrected chi connectivity index (χ1v) is 8.18. The lowest BCUT2D eigenvalue weighted by molar-refractivity contribution is -0.151. The Morgan fingerprint density at radius 3 is 2.77 bits per heavy atom. The van der Waals surface area contributed by atoms with Crippen molar-refractivity contribution in [2.75, 3.05) is 26.9 Å². The third-order valence-electron chi connectivity index (χ3n) is 4.72. The summed E-state index contributed by atoms with van der Waals surface area (Å²) < 4.78 is 5.23. The molecule has 2 rings (SSSR count). The van der Waals surface area contributed by atoms with Crippen molar-refractivity contribution in [2.24, 2.45) is 22.4 Å². The Morgan fingerprint density at radius 2 is 2.15 bits per heavy atom. The number of rotatable bonds is 7. The molecule has 0 unspecified atom stereocenters. The third kappa shape index (κ3) is 3.87. The van der Waals surface area contributed by atoms with E-state index in [-0.39, 0.29) is 30.3 Å². The second kappa shape index (κ2) is 7.60. The Balaban J connectivity index is 1.94. The van der Waals surface area contributed by atoms with Crippen LogP contribution in [-0.4, -0.2) is 60.9 Å². The predicted molar refractivity (Wildman–Crippen MR) is 93.6 cm³/mol. The Bertz CT molecular complexity index is 704. The fourth-order valence-electron chi connectivity index (χ4n) is 3.07.